The van der Waals surface area contributed by atoms with Gasteiger partial charge in [-0.2, -0.15) is 5.10 Å². The molecule has 0 fully saturated rings. The lowest BCUT2D eigenvalue weighted by Crippen LogP contribution is -1.96. The zero-order valence-electron chi connectivity index (χ0n) is 6.54. The molecule has 0 aliphatic carbocycles. The number of fused-ring (bicyclic) bond motifs is 1. The van der Waals surface area contributed by atoms with E-state index in [1.165, 1.54) is 12.3 Å². The molecular weight excluding hydrogens is 173 g/mol. The Balaban J connectivity index is 2.65. The molecule has 1 amide bonds. The molecule has 1 heterocycles. The van der Waals surface area contributed by atoms with Crippen LogP contribution in [0.5, 0.6) is 0 Å². The molecule has 0 saturated heterocycles. The zero-order chi connectivity index (χ0) is 9.26. The highest BCUT2D eigenvalue weighted by Gasteiger charge is 2.07. The lowest BCUT2D eigenvalue weighted by molar-refractivity contribution is -0.105. The molecule has 1 aromatic heterocycles. The first-order valence-corrected chi connectivity index (χ1v) is 3.64. The van der Waals surface area contributed by atoms with E-state index in [0.717, 1.165) is 0 Å². The summed E-state index contributed by atoms with van der Waals surface area (Å²) in [7, 11) is 0. The molecule has 13 heavy (non-hydrogen) atoms. The Kier molecular flexibility index (Phi) is 1.70. The first-order chi connectivity index (χ1) is 6.33. The van der Waals surface area contributed by atoms with Gasteiger partial charge in [-0.15, -0.1) is 0 Å². The van der Waals surface area contributed by atoms with Gasteiger partial charge in [0.25, 0.3) is 0 Å². The van der Waals surface area contributed by atoms with Gasteiger partial charge in [0.15, 0.2) is 5.82 Å². The van der Waals surface area contributed by atoms with Crippen molar-refractivity contribution in [3.05, 3.63) is 24.1 Å². The van der Waals surface area contributed by atoms with Crippen LogP contribution in [0.1, 0.15) is 0 Å². The summed E-state index contributed by atoms with van der Waals surface area (Å²) in [6.45, 7) is 0. The van der Waals surface area contributed by atoms with E-state index in [-0.39, 0.29) is 5.69 Å². The van der Waals surface area contributed by atoms with Crippen molar-refractivity contribution in [2.45, 2.75) is 0 Å². The molecule has 2 aromatic rings. The van der Waals surface area contributed by atoms with Crippen LogP contribution >= 0.6 is 0 Å². The molecule has 66 valence electrons. The molecule has 0 aliphatic heterocycles. The summed E-state index contributed by atoms with van der Waals surface area (Å²) in [5.74, 6) is -0.474. The maximum Gasteiger partial charge on any atom is 0.211 e. The molecule has 2 rings (SSSR count). The Hall–Kier alpha value is -1.91. The minimum Gasteiger partial charge on any atom is -0.326 e. The quantitative estimate of drug-likeness (QED) is 0.682. The number of aromatic amines is 1. The van der Waals surface area contributed by atoms with Crippen molar-refractivity contribution in [1.82, 2.24) is 10.2 Å². The number of amides is 1. The van der Waals surface area contributed by atoms with Crippen LogP contribution in [-0.4, -0.2) is 16.6 Å². The number of nitrogens with zero attached hydrogens (tertiary/aromatic N) is 1. The highest BCUT2D eigenvalue weighted by atomic mass is 19.1. The van der Waals surface area contributed by atoms with Gasteiger partial charge in [-0.1, -0.05) is 0 Å². The van der Waals surface area contributed by atoms with Gasteiger partial charge in [-0.25, -0.2) is 4.39 Å². The molecule has 0 saturated carbocycles. The van der Waals surface area contributed by atoms with Crippen LogP contribution in [0.3, 0.4) is 0 Å². The Morgan fingerprint density at radius 1 is 1.54 bits per heavy atom. The van der Waals surface area contributed by atoms with Crippen molar-refractivity contribution in [2.75, 3.05) is 5.32 Å². The molecule has 0 spiro atoms. The number of carbonyl (C=O) groups is 1. The van der Waals surface area contributed by atoms with E-state index in [0.29, 0.717) is 17.3 Å². The smallest absolute Gasteiger partial charge is 0.211 e. The van der Waals surface area contributed by atoms with E-state index in [1.807, 2.05) is 0 Å². The van der Waals surface area contributed by atoms with E-state index in [9.17, 15) is 9.18 Å². The van der Waals surface area contributed by atoms with Gasteiger partial charge >= 0.3 is 0 Å². The third kappa shape index (κ3) is 1.14. The zero-order valence-corrected chi connectivity index (χ0v) is 6.54. The third-order valence-electron chi connectivity index (χ3n) is 1.77. The van der Waals surface area contributed by atoms with Crippen LogP contribution in [0.15, 0.2) is 18.3 Å². The third-order valence-corrected chi connectivity index (χ3v) is 1.77. The number of rotatable bonds is 2. The number of benzene rings is 1. The first kappa shape index (κ1) is 7.72. The van der Waals surface area contributed by atoms with E-state index in [2.05, 4.69) is 15.5 Å². The van der Waals surface area contributed by atoms with Gasteiger partial charge in [-0.05, 0) is 12.1 Å². The van der Waals surface area contributed by atoms with Gasteiger partial charge in [0, 0.05) is 0 Å². The number of hydrogen-bond acceptors (Lipinski definition) is 2. The summed E-state index contributed by atoms with van der Waals surface area (Å²) in [5.41, 5.74) is 0.762. The second-order valence-electron chi connectivity index (χ2n) is 2.52. The predicted octanol–water partition coefficient (Wildman–Crippen LogP) is 1.27. The van der Waals surface area contributed by atoms with Crippen LogP contribution in [0, 0.1) is 5.82 Å². The van der Waals surface area contributed by atoms with E-state index < -0.39 is 5.82 Å². The second-order valence-corrected chi connectivity index (χ2v) is 2.52. The number of hydrogen-bond donors (Lipinski definition) is 2. The number of aromatic nitrogens is 2. The minimum atomic E-state index is -0.474. The maximum atomic E-state index is 13.4. The Bertz CT molecular complexity index is 452. The summed E-state index contributed by atoms with van der Waals surface area (Å²) >= 11 is 0. The Labute approximate surface area is 72.8 Å². The van der Waals surface area contributed by atoms with Crippen molar-refractivity contribution in [3.63, 3.8) is 0 Å². The molecule has 4 nitrogen and oxygen atoms in total. The van der Waals surface area contributed by atoms with Gasteiger partial charge in [0.2, 0.25) is 6.41 Å². The predicted molar refractivity (Wildman–Crippen MR) is 45.7 cm³/mol. The maximum absolute atomic E-state index is 13.4. The van der Waals surface area contributed by atoms with Crippen LogP contribution < -0.4 is 5.32 Å². The molecule has 2 N–H and O–H groups in total. The van der Waals surface area contributed by atoms with Crippen molar-refractivity contribution in [1.29, 1.82) is 0 Å². The summed E-state index contributed by atoms with van der Waals surface area (Å²) in [5, 5.41) is 8.93. The Morgan fingerprint density at radius 3 is 3.15 bits per heavy atom. The normalized spacial score (nSPS) is 10.2. The van der Waals surface area contributed by atoms with Crippen molar-refractivity contribution < 1.29 is 9.18 Å². The molecule has 1 aromatic carbocycles. The summed E-state index contributed by atoms with van der Waals surface area (Å²) < 4.78 is 13.4. The van der Waals surface area contributed by atoms with Gasteiger partial charge in [0.1, 0.15) is 0 Å². The van der Waals surface area contributed by atoms with Crippen molar-refractivity contribution in [2.24, 2.45) is 0 Å². The van der Waals surface area contributed by atoms with Crippen LogP contribution in [0.4, 0.5) is 10.1 Å². The number of halogens is 1. The van der Waals surface area contributed by atoms with Gasteiger partial charge in [0.05, 0.1) is 22.8 Å². The fraction of sp³-hybridized carbons (Fsp3) is 0. The number of carbonyl (C=O) groups excluding carboxylic acids is 1. The summed E-state index contributed by atoms with van der Waals surface area (Å²) in [4.78, 5) is 10.1. The van der Waals surface area contributed by atoms with Crippen molar-refractivity contribution >= 4 is 23.0 Å². The minimum absolute atomic E-state index is 0.156. The monoisotopic (exact) mass is 179 g/mol. The summed E-state index contributed by atoms with van der Waals surface area (Å²) in [6, 6.07) is 3.13. The van der Waals surface area contributed by atoms with Crippen LogP contribution in [-0.2, 0) is 4.79 Å². The molecular formula is C8H6FN3O. The van der Waals surface area contributed by atoms with Gasteiger partial charge in [-0.3, -0.25) is 9.89 Å². The number of anilines is 1. The van der Waals surface area contributed by atoms with E-state index >= 15 is 0 Å². The highest BCUT2D eigenvalue weighted by molar-refractivity contribution is 5.85. The Morgan fingerprint density at radius 2 is 2.38 bits per heavy atom. The van der Waals surface area contributed by atoms with Crippen molar-refractivity contribution in [3.8, 4) is 0 Å². The van der Waals surface area contributed by atoms with Gasteiger partial charge < -0.3 is 5.32 Å². The average Bonchev–Trinajstić information content (AvgIpc) is 2.58. The molecule has 0 unspecified atom stereocenters. The largest absolute Gasteiger partial charge is 0.326 e. The van der Waals surface area contributed by atoms with Crippen LogP contribution in [0.25, 0.3) is 10.9 Å². The standard InChI is InChI=1S/C8H6FN3O/c9-8-5-3-11-12-6(5)1-2-7(8)10-4-13/h1-4H,(H,10,13)(H,11,12). The van der Waals surface area contributed by atoms with E-state index in [4.69, 9.17) is 0 Å². The molecule has 0 radical (unpaired) electrons. The van der Waals surface area contributed by atoms with E-state index in [1.54, 1.807) is 6.07 Å². The first-order valence-electron chi connectivity index (χ1n) is 3.64. The number of nitrogens with one attached hydrogen (secondary N) is 2. The molecule has 0 aliphatic rings. The van der Waals surface area contributed by atoms with Crippen LogP contribution in [0.2, 0.25) is 0 Å². The summed E-state index contributed by atoms with van der Waals surface area (Å²) in [6.07, 6.45) is 1.81. The second kappa shape index (κ2) is 2.85. The number of H-pyrrole nitrogens is 1. The average molecular weight is 179 g/mol. The SMILES string of the molecule is O=CNc1ccc2[nH]ncc2c1F. The lowest BCUT2D eigenvalue weighted by atomic mass is 10.2. The fourth-order valence-electron chi connectivity index (χ4n) is 1.16. The highest BCUT2D eigenvalue weighted by Crippen LogP contribution is 2.22. The topological polar surface area (TPSA) is 57.8 Å². The molecule has 0 bridgehead atoms. The molecule has 0 atom stereocenters. The molecule has 5 heteroatoms. The fourth-order valence-corrected chi connectivity index (χ4v) is 1.16. The lowest BCUT2D eigenvalue weighted by Gasteiger charge is -2.00.